The quantitative estimate of drug-likeness (QED) is 0.884. The van der Waals surface area contributed by atoms with Gasteiger partial charge in [0.1, 0.15) is 12.4 Å². The molecule has 0 fully saturated rings. The summed E-state index contributed by atoms with van der Waals surface area (Å²) >= 11 is 0. The van der Waals surface area contributed by atoms with Gasteiger partial charge in [-0.2, -0.15) is 0 Å². The predicted molar refractivity (Wildman–Crippen MR) is 84.9 cm³/mol. The molecule has 0 unspecified atom stereocenters. The molecule has 0 bridgehead atoms. The molecule has 0 aliphatic heterocycles. The molecule has 0 saturated carbocycles. The van der Waals surface area contributed by atoms with Crippen LogP contribution in [0.4, 0.5) is 0 Å². The summed E-state index contributed by atoms with van der Waals surface area (Å²) in [5.41, 5.74) is 9.04. The van der Waals surface area contributed by atoms with Crippen LogP contribution in [-0.4, -0.2) is 17.7 Å². The van der Waals surface area contributed by atoms with Gasteiger partial charge in [-0.15, -0.1) is 0 Å². The summed E-state index contributed by atoms with van der Waals surface area (Å²) < 4.78 is 7.51. The van der Waals surface area contributed by atoms with Crippen LogP contribution in [0.2, 0.25) is 0 Å². The van der Waals surface area contributed by atoms with Crippen molar-refractivity contribution in [2.75, 3.05) is 13.2 Å². The summed E-state index contributed by atoms with van der Waals surface area (Å²) in [7, 11) is 0. The molecule has 0 aliphatic carbocycles. The highest BCUT2D eigenvalue weighted by Crippen LogP contribution is 2.25. The third-order valence-electron chi connectivity index (χ3n) is 3.43. The summed E-state index contributed by atoms with van der Waals surface area (Å²) in [6, 6.07) is 9.37. The Kier molecular flexibility index (Phi) is 5.17. The maximum Gasteiger partial charge on any atom is 0.250 e. The first-order chi connectivity index (χ1) is 10.1. The van der Waals surface area contributed by atoms with E-state index in [1.165, 1.54) is 5.56 Å². The van der Waals surface area contributed by atoms with E-state index in [-0.39, 0.29) is 5.56 Å². The Morgan fingerprint density at radius 2 is 1.90 bits per heavy atom. The number of hydrogen-bond donors (Lipinski definition) is 1. The average Bonchev–Trinajstić information content (AvgIpc) is 2.44. The topological polar surface area (TPSA) is 57.2 Å². The molecule has 4 heteroatoms. The monoisotopic (exact) mass is 286 g/mol. The highest BCUT2D eigenvalue weighted by Gasteiger charge is 2.06. The maximum atomic E-state index is 11.6. The van der Waals surface area contributed by atoms with Crippen LogP contribution in [0.25, 0.3) is 0 Å². The fourth-order valence-electron chi connectivity index (χ4n) is 2.47. The summed E-state index contributed by atoms with van der Waals surface area (Å²) in [4.78, 5) is 11.6. The Bertz CT molecular complexity index is 639. The smallest absolute Gasteiger partial charge is 0.250 e. The van der Waals surface area contributed by atoms with Gasteiger partial charge in [-0.1, -0.05) is 18.2 Å². The van der Waals surface area contributed by atoms with Gasteiger partial charge in [0.05, 0.1) is 6.54 Å². The van der Waals surface area contributed by atoms with Gasteiger partial charge >= 0.3 is 0 Å². The number of aromatic nitrogens is 1. The molecule has 1 aromatic heterocycles. The van der Waals surface area contributed by atoms with Crippen LogP contribution in [0.5, 0.6) is 5.75 Å². The highest BCUT2D eigenvalue weighted by molar-refractivity contribution is 5.43. The van der Waals surface area contributed by atoms with Crippen LogP contribution in [-0.2, 0) is 13.0 Å². The zero-order valence-electron chi connectivity index (χ0n) is 12.6. The van der Waals surface area contributed by atoms with Gasteiger partial charge in [-0.3, -0.25) is 4.79 Å². The fraction of sp³-hybridized carbons (Fsp3) is 0.353. The van der Waals surface area contributed by atoms with Gasteiger partial charge in [0, 0.05) is 12.3 Å². The molecule has 0 spiro atoms. The zero-order valence-corrected chi connectivity index (χ0v) is 12.6. The van der Waals surface area contributed by atoms with E-state index in [9.17, 15) is 4.79 Å². The lowest BCUT2D eigenvalue weighted by Gasteiger charge is -2.14. The normalized spacial score (nSPS) is 10.6. The van der Waals surface area contributed by atoms with Crippen LogP contribution >= 0.6 is 0 Å². The third kappa shape index (κ3) is 3.95. The maximum absolute atomic E-state index is 11.6. The fourth-order valence-corrected chi connectivity index (χ4v) is 2.47. The van der Waals surface area contributed by atoms with E-state index in [0.29, 0.717) is 19.7 Å². The molecule has 21 heavy (non-hydrogen) atoms. The second-order valence-corrected chi connectivity index (χ2v) is 5.18. The van der Waals surface area contributed by atoms with E-state index < -0.39 is 0 Å². The number of rotatable bonds is 6. The molecule has 0 radical (unpaired) electrons. The second-order valence-electron chi connectivity index (χ2n) is 5.18. The molecule has 0 aliphatic rings. The largest absolute Gasteiger partial charge is 0.491 e. The molecule has 112 valence electrons. The number of nitrogens with zero attached hydrogens (tertiary/aromatic N) is 1. The zero-order chi connectivity index (χ0) is 15.2. The number of aryl methyl sites for hydroxylation is 2. The van der Waals surface area contributed by atoms with Crippen LogP contribution in [0.1, 0.15) is 16.7 Å². The minimum Gasteiger partial charge on any atom is -0.491 e. The molecule has 0 atom stereocenters. The van der Waals surface area contributed by atoms with E-state index in [0.717, 1.165) is 23.3 Å². The van der Waals surface area contributed by atoms with E-state index in [1.807, 2.05) is 19.9 Å². The number of benzene rings is 1. The van der Waals surface area contributed by atoms with Gasteiger partial charge < -0.3 is 15.0 Å². The van der Waals surface area contributed by atoms with E-state index >= 15 is 0 Å². The molecule has 1 heterocycles. The Balaban J connectivity index is 2.03. The molecule has 0 saturated heterocycles. The first-order valence-corrected chi connectivity index (χ1v) is 7.20. The van der Waals surface area contributed by atoms with Crippen molar-refractivity contribution in [1.82, 2.24) is 4.57 Å². The van der Waals surface area contributed by atoms with Crippen LogP contribution in [0, 0.1) is 13.8 Å². The van der Waals surface area contributed by atoms with Gasteiger partial charge in [-0.25, -0.2) is 0 Å². The van der Waals surface area contributed by atoms with Gasteiger partial charge in [0.2, 0.25) is 0 Å². The minimum absolute atomic E-state index is 0.00663. The molecule has 4 nitrogen and oxygen atoms in total. The molecule has 2 rings (SSSR count). The summed E-state index contributed by atoms with van der Waals surface area (Å²) in [6.45, 7) is 5.75. The first-order valence-electron chi connectivity index (χ1n) is 7.20. The Hall–Kier alpha value is -2.07. The van der Waals surface area contributed by atoms with E-state index in [1.54, 1.807) is 22.9 Å². The highest BCUT2D eigenvalue weighted by atomic mass is 16.5. The van der Waals surface area contributed by atoms with Crippen molar-refractivity contribution in [3.63, 3.8) is 0 Å². The third-order valence-corrected chi connectivity index (χ3v) is 3.43. The standard InChI is InChI=1S/C17H22N2O2/c1-13-11-15(6-7-18)12-14(2)17(13)21-10-9-19-8-4-3-5-16(19)20/h3-5,8,11-12H,6-7,9-10,18H2,1-2H3. The molecule has 0 amide bonds. The molecular formula is C17H22N2O2. The molecular weight excluding hydrogens is 264 g/mol. The van der Waals surface area contributed by atoms with Crippen LogP contribution in [0.15, 0.2) is 41.3 Å². The van der Waals surface area contributed by atoms with Crippen molar-refractivity contribution in [2.24, 2.45) is 5.73 Å². The van der Waals surface area contributed by atoms with Crippen molar-refractivity contribution < 1.29 is 4.74 Å². The van der Waals surface area contributed by atoms with Crippen molar-refractivity contribution >= 4 is 0 Å². The van der Waals surface area contributed by atoms with Crippen molar-refractivity contribution in [3.8, 4) is 5.75 Å². The molecule has 2 N–H and O–H groups in total. The number of ether oxygens (including phenoxy) is 1. The molecule has 2 aromatic rings. The van der Waals surface area contributed by atoms with Crippen LogP contribution in [0.3, 0.4) is 0 Å². The summed E-state index contributed by atoms with van der Waals surface area (Å²) in [5, 5.41) is 0. The number of hydrogen-bond acceptors (Lipinski definition) is 3. The van der Waals surface area contributed by atoms with E-state index in [2.05, 4.69) is 12.1 Å². The Morgan fingerprint density at radius 3 is 2.52 bits per heavy atom. The Labute approximate surface area is 125 Å². The van der Waals surface area contributed by atoms with Crippen LogP contribution < -0.4 is 16.0 Å². The second kappa shape index (κ2) is 7.09. The van der Waals surface area contributed by atoms with Crippen molar-refractivity contribution in [3.05, 3.63) is 63.6 Å². The Morgan fingerprint density at radius 1 is 1.19 bits per heavy atom. The number of nitrogens with two attached hydrogens (primary N) is 1. The lowest BCUT2D eigenvalue weighted by molar-refractivity contribution is 0.292. The summed E-state index contributed by atoms with van der Waals surface area (Å²) in [6.07, 6.45) is 2.65. The predicted octanol–water partition coefficient (Wildman–Crippen LogP) is 2.05. The molecule has 1 aromatic carbocycles. The lowest BCUT2D eigenvalue weighted by Crippen LogP contribution is -2.21. The summed E-state index contributed by atoms with van der Waals surface area (Å²) in [5.74, 6) is 0.903. The van der Waals surface area contributed by atoms with Gasteiger partial charge in [0.25, 0.3) is 5.56 Å². The van der Waals surface area contributed by atoms with Crippen molar-refractivity contribution in [1.29, 1.82) is 0 Å². The van der Waals surface area contributed by atoms with Crippen molar-refractivity contribution in [2.45, 2.75) is 26.8 Å². The minimum atomic E-state index is -0.00663. The van der Waals surface area contributed by atoms with Gasteiger partial charge in [-0.05, 0) is 49.6 Å². The first kappa shape index (κ1) is 15.3. The SMILES string of the molecule is Cc1cc(CCN)cc(C)c1OCCn1ccccc1=O. The average molecular weight is 286 g/mol. The van der Waals surface area contributed by atoms with E-state index in [4.69, 9.17) is 10.5 Å². The van der Waals surface area contributed by atoms with Gasteiger partial charge in [0.15, 0.2) is 0 Å². The lowest BCUT2D eigenvalue weighted by atomic mass is 10.0. The number of pyridine rings is 1.